The third-order valence-corrected chi connectivity index (χ3v) is 8.65. The summed E-state index contributed by atoms with van der Waals surface area (Å²) >= 11 is -0.227. The molecule has 9 nitrogen and oxygen atoms in total. The molecule has 3 aliphatic rings. The van der Waals surface area contributed by atoms with Crippen LogP contribution in [0.3, 0.4) is 0 Å². The number of piperidine rings is 1. The summed E-state index contributed by atoms with van der Waals surface area (Å²) in [6, 6.07) is 5.19. The van der Waals surface area contributed by atoms with Gasteiger partial charge in [0.1, 0.15) is 11.5 Å². The number of hydrogen-bond acceptors (Lipinski definition) is 7. The van der Waals surface area contributed by atoms with Gasteiger partial charge in [-0.15, -0.1) is 0 Å². The molecule has 2 unspecified atom stereocenters. The van der Waals surface area contributed by atoms with Crippen LogP contribution in [0.25, 0.3) is 5.52 Å². The van der Waals surface area contributed by atoms with Crippen LogP contribution >= 0.6 is 11.8 Å². The van der Waals surface area contributed by atoms with E-state index in [1.54, 1.807) is 25.4 Å². The van der Waals surface area contributed by atoms with E-state index < -0.39 is 5.51 Å². The molecule has 3 aromatic rings. The van der Waals surface area contributed by atoms with Crippen molar-refractivity contribution in [1.82, 2.24) is 29.6 Å². The number of rotatable bonds is 6. The number of halogens is 3. The lowest BCUT2D eigenvalue weighted by Gasteiger charge is -2.49. The lowest BCUT2D eigenvalue weighted by atomic mass is 9.93. The number of anilines is 1. The zero-order valence-electron chi connectivity index (χ0n) is 21.5. The van der Waals surface area contributed by atoms with Crippen molar-refractivity contribution >= 4 is 29.0 Å². The molecule has 206 valence electrons. The summed E-state index contributed by atoms with van der Waals surface area (Å²) in [5.74, 6) is 6.21. The Hall–Kier alpha value is -3.21. The van der Waals surface area contributed by atoms with Gasteiger partial charge in [0, 0.05) is 31.9 Å². The monoisotopic (exact) mass is 559 g/mol. The Morgan fingerprint density at radius 1 is 1.33 bits per heavy atom. The third kappa shape index (κ3) is 5.08. The molecule has 0 radical (unpaired) electrons. The molecule has 3 fully saturated rings. The predicted octanol–water partition coefficient (Wildman–Crippen LogP) is 3.13. The van der Waals surface area contributed by atoms with Crippen molar-refractivity contribution in [3.63, 3.8) is 0 Å². The Kier molecular flexibility index (Phi) is 6.32. The number of thioether (sulfide) groups is 1. The highest BCUT2D eigenvalue weighted by Crippen LogP contribution is 2.53. The first-order valence-electron chi connectivity index (χ1n) is 12.7. The van der Waals surface area contributed by atoms with E-state index in [1.807, 2.05) is 6.07 Å². The van der Waals surface area contributed by atoms with Gasteiger partial charge >= 0.3 is 5.51 Å². The van der Waals surface area contributed by atoms with Crippen LogP contribution in [0.4, 0.5) is 19.0 Å². The van der Waals surface area contributed by atoms with Gasteiger partial charge in [-0.2, -0.15) is 23.4 Å². The normalized spacial score (nSPS) is 23.9. The van der Waals surface area contributed by atoms with Gasteiger partial charge in [0.05, 0.1) is 47.5 Å². The second-order valence-corrected chi connectivity index (χ2v) is 11.8. The fraction of sp³-hybridized carbons (Fsp3) is 0.500. The Morgan fingerprint density at radius 2 is 2.15 bits per heavy atom. The van der Waals surface area contributed by atoms with Crippen LogP contribution < -0.4 is 10.6 Å². The fourth-order valence-corrected chi connectivity index (χ4v) is 6.17. The first-order valence-corrected chi connectivity index (χ1v) is 13.5. The van der Waals surface area contributed by atoms with E-state index >= 15 is 0 Å². The highest BCUT2D eigenvalue weighted by molar-refractivity contribution is 8.00. The number of hydrogen-bond donors (Lipinski definition) is 2. The number of aryl methyl sites for hydroxylation is 1. The van der Waals surface area contributed by atoms with E-state index in [0.717, 1.165) is 39.1 Å². The van der Waals surface area contributed by atoms with Crippen molar-refractivity contribution in [3.8, 4) is 11.8 Å². The largest absolute Gasteiger partial charge is 0.446 e. The summed E-state index contributed by atoms with van der Waals surface area (Å²) in [5.41, 5.74) is -3.78. The molecule has 1 amide bonds. The van der Waals surface area contributed by atoms with Gasteiger partial charge in [0.25, 0.3) is 5.91 Å². The van der Waals surface area contributed by atoms with Gasteiger partial charge < -0.3 is 15.4 Å². The van der Waals surface area contributed by atoms with E-state index in [4.69, 9.17) is 4.74 Å². The van der Waals surface area contributed by atoms with Gasteiger partial charge in [-0.05, 0) is 55.5 Å². The highest BCUT2D eigenvalue weighted by atomic mass is 32.2. The van der Waals surface area contributed by atoms with Crippen molar-refractivity contribution < 1.29 is 22.7 Å². The van der Waals surface area contributed by atoms with Crippen LogP contribution in [0.15, 0.2) is 35.5 Å². The number of ether oxygens (including phenoxy) is 1. The molecule has 6 rings (SSSR count). The van der Waals surface area contributed by atoms with Gasteiger partial charge in [-0.3, -0.25) is 14.4 Å². The predicted molar refractivity (Wildman–Crippen MR) is 139 cm³/mol. The molecular weight excluding hydrogens is 531 g/mol. The van der Waals surface area contributed by atoms with Crippen molar-refractivity contribution in [3.05, 3.63) is 41.9 Å². The Bertz CT molecular complexity index is 1490. The standard InChI is InChI=1S/C26H28F3N7O2S/c1-24(15-38-16-24)35-10-8-25(11-18(25)14-35)32-21-7-3-6-20-22(39-26(27,28)29)19(33-36(20)21)5-4-9-30-23(37)17-12-31-34(2)13-17/h3,6-7,12-13,18,32H,8-11,14-16H2,1-2H3,(H,30,37). The molecule has 2 N–H and O–H groups in total. The molecule has 0 spiro atoms. The number of carbonyl (C=O) groups excluding carboxylic acids is 1. The van der Waals surface area contributed by atoms with Crippen LogP contribution in [-0.2, 0) is 11.8 Å². The minimum absolute atomic E-state index is 0.0137. The number of fused-ring (bicyclic) bond motifs is 2. The molecule has 0 bridgehead atoms. The second kappa shape index (κ2) is 9.46. The quantitative estimate of drug-likeness (QED) is 0.355. The van der Waals surface area contributed by atoms with Crippen molar-refractivity contribution in [2.75, 3.05) is 38.2 Å². The lowest BCUT2D eigenvalue weighted by molar-refractivity contribution is -0.136. The third-order valence-electron chi connectivity index (χ3n) is 7.81. The highest BCUT2D eigenvalue weighted by Gasteiger charge is 2.59. The van der Waals surface area contributed by atoms with Gasteiger partial charge in [-0.1, -0.05) is 12.0 Å². The van der Waals surface area contributed by atoms with E-state index in [9.17, 15) is 18.0 Å². The number of aromatic nitrogens is 4. The topological polar surface area (TPSA) is 88.7 Å². The minimum Gasteiger partial charge on any atom is -0.377 e. The maximum atomic E-state index is 13.5. The fourth-order valence-electron chi connectivity index (χ4n) is 5.49. The lowest BCUT2D eigenvalue weighted by Crippen LogP contribution is -2.62. The second-order valence-electron chi connectivity index (χ2n) is 10.7. The minimum atomic E-state index is -4.51. The van der Waals surface area contributed by atoms with Crippen molar-refractivity contribution in [1.29, 1.82) is 0 Å². The number of carbonyl (C=O) groups is 1. The summed E-state index contributed by atoms with van der Waals surface area (Å²) < 4.78 is 49.0. The van der Waals surface area contributed by atoms with Gasteiger partial charge in [0.2, 0.25) is 0 Å². The van der Waals surface area contributed by atoms with Crippen molar-refractivity contribution in [2.45, 2.75) is 41.2 Å². The van der Waals surface area contributed by atoms with E-state index in [2.05, 4.69) is 44.5 Å². The van der Waals surface area contributed by atoms with Crippen molar-refractivity contribution in [2.24, 2.45) is 13.0 Å². The summed E-state index contributed by atoms with van der Waals surface area (Å²) in [6.07, 6.45) is 4.94. The summed E-state index contributed by atoms with van der Waals surface area (Å²) in [5, 5.41) is 14.7. The van der Waals surface area contributed by atoms with Crippen LogP contribution in [0.2, 0.25) is 0 Å². The zero-order chi connectivity index (χ0) is 27.4. The van der Waals surface area contributed by atoms with Crippen LogP contribution in [0.5, 0.6) is 0 Å². The first-order chi connectivity index (χ1) is 18.6. The molecule has 2 aliphatic heterocycles. The maximum absolute atomic E-state index is 13.5. The number of nitrogens with one attached hydrogen (secondary N) is 2. The smallest absolute Gasteiger partial charge is 0.377 e. The molecule has 13 heteroatoms. The van der Waals surface area contributed by atoms with Crippen LogP contribution in [0.1, 0.15) is 35.8 Å². The molecular formula is C26H28F3N7O2S. The summed E-state index contributed by atoms with van der Waals surface area (Å²) in [4.78, 5) is 14.6. The molecule has 5 heterocycles. The molecule has 39 heavy (non-hydrogen) atoms. The van der Waals surface area contributed by atoms with E-state index in [1.165, 1.54) is 15.4 Å². The van der Waals surface area contributed by atoms with Crippen LogP contribution in [-0.4, -0.2) is 79.6 Å². The summed E-state index contributed by atoms with van der Waals surface area (Å²) in [6.45, 7) is 5.60. The average Bonchev–Trinajstić information content (AvgIpc) is 3.22. The maximum Gasteiger partial charge on any atom is 0.446 e. The zero-order valence-corrected chi connectivity index (χ0v) is 22.3. The van der Waals surface area contributed by atoms with Gasteiger partial charge in [-0.25, -0.2) is 4.52 Å². The number of likely N-dealkylation sites (tertiary alicyclic amines) is 1. The Morgan fingerprint density at radius 3 is 2.82 bits per heavy atom. The number of amides is 1. The molecule has 2 atom stereocenters. The van der Waals surface area contributed by atoms with Crippen LogP contribution in [0, 0.1) is 17.8 Å². The first kappa shape index (κ1) is 26.0. The van der Waals surface area contributed by atoms with Gasteiger partial charge in [0.15, 0.2) is 0 Å². The number of pyridine rings is 1. The molecule has 1 saturated carbocycles. The summed E-state index contributed by atoms with van der Waals surface area (Å²) in [7, 11) is 1.69. The number of nitrogens with zero attached hydrogens (tertiary/aromatic N) is 5. The molecule has 1 aliphatic carbocycles. The Labute approximate surface area is 227 Å². The number of alkyl halides is 3. The molecule has 3 aromatic heterocycles. The SMILES string of the molecule is Cn1cc(C(=O)NCC#Cc2nn3c(NC45CCN(C6(C)COC6)CC4C5)cccc3c2SC(F)(F)F)cn1. The Balaban J connectivity index is 1.22. The van der Waals surface area contributed by atoms with E-state index in [0.29, 0.717) is 22.8 Å². The molecule has 2 saturated heterocycles. The van der Waals surface area contributed by atoms with E-state index in [-0.39, 0.29) is 45.9 Å². The molecule has 0 aromatic carbocycles. The average molecular weight is 560 g/mol.